The topological polar surface area (TPSA) is 69.4 Å². The largest absolute Gasteiger partial charge is 0.457 e. The Kier molecular flexibility index (Phi) is 5.70. The first-order chi connectivity index (χ1) is 15.5. The first-order valence-corrected chi connectivity index (χ1v) is 13.1. The average Bonchev–Trinajstić information content (AvgIpc) is 3.56. The number of benzene rings is 2. The van der Waals surface area contributed by atoms with Crippen molar-refractivity contribution >= 4 is 15.7 Å². The summed E-state index contributed by atoms with van der Waals surface area (Å²) in [6.07, 6.45) is 12.1. The standard InChI is InChI=1S/C26H31N2O3S/c27-18-20-6-5-17-28(19-20,32(29,30)24-15-16-24)22-11-13-23(14-12-22)31-26-10-4-3-9-25(26)21-7-1-2-8-21/h3-6,9-14,19,21,24H,1-2,7-8,15-18,27H2/q+1. The van der Waals surface area contributed by atoms with E-state index in [2.05, 4.69) is 12.1 Å². The van der Waals surface area contributed by atoms with Crippen LogP contribution in [0.4, 0.5) is 5.69 Å². The number of para-hydroxylation sites is 1. The van der Waals surface area contributed by atoms with Gasteiger partial charge in [0.05, 0.1) is 0 Å². The highest BCUT2D eigenvalue weighted by molar-refractivity contribution is 7.92. The van der Waals surface area contributed by atoms with Crippen molar-refractivity contribution in [2.75, 3.05) is 13.1 Å². The van der Waals surface area contributed by atoms with Crippen LogP contribution in [0, 0.1) is 0 Å². The van der Waals surface area contributed by atoms with Gasteiger partial charge in [0.1, 0.15) is 29.5 Å². The van der Waals surface area contributed by atoms with Crippen LogP contribution >= 0.6 is 0 Å². The first-order valence-electron chi connectivity index (χ1n) is 11.6. The first kappa shape index (κ1) is 21.4. The molecule has 0 saturated heterocycles. The molecule has 5 nitrogen and oxygen atoms in total. The number of rotatable bonds is 7. The molecule has 2 N–H and O–H groups in total. The smallest absolute Gasteiger partial charge is 0.309 e. The molecule has 1 heterocycles. The molecule has 0 radical (unpaired) electrons. The molecule has 2 aromatic carbocycles. The summed E-state index contributed by atoms with van der Waals surface area (Å²) in [6.45, 7) is 0.697. The molecule has 32 heavy (non-hydrogen) atoms. The normalized spacial score (nSPS) is 23.8. The molecule has 1 unspecified atom stereocenters. The summed E-state index contributed by atoms with van der Waals surface area (Å²) in [5.74, 6) is 2.17. The van der Waals surface area contributed by atoms with Crippen LogP contribution in [0.5, 0.6) is 11.5 Å². The molecule has 1 atom stereocenters. The molecule has 0 bridgehead atoms. The van der Waals surface area contributed by atoms with Crippen LogP contribution in [0.3, 0.4) is 0 Å². The molecule has 2 fully saturated rings. The Labute approximate surface area is 190 Å². The zero-order valence-corrected chi connectivity index (χ0v) is 19.1. The maximum absolute atomic E-state index is 13.5. The van der Waals surface area contributed by atoms with Crippen LogP contribution in [0.25, 0.3) is 0 Å². The highest BCUT2D eigenvalue weighted by atomic mass is 32.2. The molecular formula is C26H31N2O3S+. The van der Waals surface area contributed by atoms with Gasteiger partial charge in [0.15, 0.2) is 5.69 Å². The maximum atomic E-state index is 13.5. The van der Waals surface area contributed by atoms with Gasteiger partial charge >= 0.3 is 10.0 Å². The lowest BCUT2D eigenvalue weighted by Gasteiger charge is -2.34. The number of nitrogens with two attached hydrogens (primary N) is 1. The van der Waals surface area contributed by atoms with Crippen molar-refractivity contribution in [1.29, 1.82) is 0 Å². The van der Waals surface area contributed by atoms with Crippen LogP contribution in [-0.4, -0.2) is 26.8 Å². The lowest BCUT2D eigenvalue weighted by atomic mass is 9.97. The molecule has 0 spiro atoms. The minimum atomic E-state index is -3.42. The van der Waals surface area contributed by atoms with Crippen molar-refractivity contribution in [3.05, 3.63) is 78.0 Å². The van der Waals surface area contributed by atoms with Gasteiger partial charge in [0, 0.05) is 24.3 Å². The lowest BCUT2D eigenvalue weighted by molar-refractivity contribution is 0.468. The third kappa shape index (κ3) is 3.81. The summed E-state index contributed by atoms with van der Waals surface area (Å²) in [4.78, 5) is 0. The molecule has 2 saturated carbocycles. The Morgan fingerprint density at radius 3 is 2.38 bits per heavy atom. The Hall–Kier alpha value is -2.41. The molecule has 1 aliphatic heterocycles. The summed E-state index contributed by atoms with van der Waals surface area (Å²) >= 11 is 0. The number of ether oxygens (including phenoxy) is 1. The van der Waals surface area contributed by atoms with Crippen molar-refractivity contribution in [2.45, 2.75) is 49.7 Å². The Morgan fingerprint density at radius 1 is 0.969 bits per heavy atom. The summed E-state index contributed by atoms with van der Waals surface area (Å²) in [6, 6.07) is 15.8. The maximum Gasteiger partial charge on any atom is 0.309 e. The SMILES string of the molecule is NCC1=C[N+](c2ccc(Oc3ccccc3C3CCCC3)cc2)(S(=O)(=O)C2CC2)CC=C1. The second-order valence-corrected chi connectivity index (χ2v) is 11.5. The van der Waals surface area contributed by atoms with Crippen LogP contribution in [-0.2, 0) is 10.0 Å². The van der Waals surface area contributed by atoms with Crippen LogP contribution in [0.15, 0.2) is 72.5 Å². The van der Waals surface area contributed by atoms with Gasteiger partial charge in [-0.3, -0.25) is 0 Å². The lowest BCUT2D eigenvalue weighted by Crippen LogP contribution is -2.52. The van der Waals surface area contributed by atoms with Crippen LogP contribution in [0.2, 0.25) is 0 Å². The third-order valence-electron chi connectivity index (χ3n) is 6.93. The van der Waals surface area contributed by atoms with Gasteiger partial charge in [-0.1, -0.05) is 37.1 Å². The molecule has 0 aromatic heterocycles. The fraction of sp³-hybridized carbons (Fsp3) is 0.385. The molecule has 3 aliphatic rings. The van der Waals surface area contributed by atoms with Gasteiger partial charge in [-0.05, 0) is 61.4 Å². The zero-order chi connectivity index (χ0) is 22.2. The van der Waals surface area contributed by atoms with E-state index in [0.717, 1.165) is 35.6 Å². The van der Waals surface area contributed by atoms with E-state index >= 15 is 0 Å². The Bertz CT molecular complexity index is 1140. The molecule has 2 aliphatic carbocycles. The summed E-state index contributed by atoms with van der Waals surface area (Å²) in [5.41, 5.74) is 8.70. The third-order valence-corrected chi connectivity index (χ3v) is 9.62. The molecule has 5 rings (SSSR count). The van der Waals surface area contributed by atoms with Crippen molar-refractivity contribution < 1.29 is 13.2 Å². The van der Waals surface area contributed by atoms with E-state index in [9.17, 15) is 8.42 Å². The Morgan fingerprint density at radius 2 is 1.69 bits per heavy atom. The predicted octanol–water partition coefficient (Wildman–Crippen LogP) is 5.35. The van der Waals surface area contributed by atoms with Crippen molar-refractivity contribution in [3.8, 4) is 11.5 Å². The van der Waals surface area contributed by atoms with E-state index in [0.29, 0.717) is 19.0 Å². The molecular weight excluding hydrogens is 420 g/mol. The molecule has 2 aromatic rings. The average molecular weight is 452 g/mol. The zero-order valence-electron chi connectivity index (χ0n) is 18.3. The number of hydrogen-bond donors (Lipinski definition) is 1. The summed E-state index contributed by atoms with van der Waals surface area (Å²) in [7, 11) is -3.42. The van der Waals surface area contributed by atoms with Gasteiger partial charge in [-0.2, -0.15) is 12.3 Å². The number of nitrogens with zero attached hydrogens (tertiary/aromatic N) is 1. The van der Waals surface area contributed by atoms with Crippen molar-refractivity contribution in [3.63, 3.8) is 0 Å². The van der Waals surface area contributed by atoms with Crippen molar-refractivity contribution in [1.82, 2.24) is 3.89 Å². The van der Waals surface area contributed by atoms with Gasteiger partial charge in [-0.15, -0.1) is 0 Å². The van der Waals surface area contributed by atoms with E-state index in [1.165, 1.54) is 31.2 Å². The van der Waals surface area contributed by atoms with E-state index in [-0.39, 0.29) is 9.14 Å². The van der Waals surface area contributed by atoms with Crippen LogP contribution in [0.1, 0.15) is 50.0 Å². The molecule has 0 amide bonds. The van der Waals surface area contributed by atoms with Crippen molar-refractivity contribution in [2.24, 2.45) is 5.73 Å². The minimum Gasteiger partial charge on any atom is -0.457 e. The monoisotopic (exact) mass is 451 g/mol. The van der Waals surface area contributed by atoms with E-state index < -0.39 is 10.0 Å². The Balaban J connectivity index is 1.46. The fourth-order valence-corrected chi connectivity index (χ4v) is 7.28. The van der Waals surface area contributed by atoms with E-state index in [4.69, 9.17) is 10.5 Å². The number of quaternary nitrogens is 1. The summed E-state index contributed by atoms with van der Waals surface area (Å²) in [5, 5.41) is -0.279. The second kappa shape index (κ2) is 8.50. The minimum absolute atomic E-state index is 0.195. The molecule has 168 valence electrons. The quantitative estimate of drug-likeness (QED) is 0.576. The number of sulfonamides is 1. The van der Waals surface area contributed by atoms with Gasteiger partial charge in [0.25, 0.3) is 0 Å². The molecule has 6 heteroatoms. The van der Waals surface area contributed by atoms with E-state index in [1.54, 1.807) is 0 Å². The van der Waals surface area contributed by atoms with Crippen LogP contribution < -0.4 is 14.4 Å². The summed E-state index contributed by atoms with van der Waals surface area (Å²) < 4.78 is 33.1. The predicted molar refractivity (Wildman–Crippen MR) is 129 cm³/mol. The second-order valence-electron chi connectivity index (χ2n) is 9.12. The highest BCUT2D eigenvalue weighted by Gasteiger charge is 2.52. The van der Waals surface area contributed by atoms with Gasteiger partial charge in [0.2, 0.25) is 0 Å². The fourth-order valence-electron chi connectivity index (χ4n) is 5.02. The highest BCUT2D eigenvalue weighted by Crippen LogP contribution is 2.43. The van der Waals surface area contributed by atoms with E-state index in [1.807, 2.05) is 54.8 Å². The van der Waals surface area contributed by atoms with Gasteiger partial charge in [-0.25, -0.2) is 0 Å². The number of hydrogen-bond acceptors (Lipinski definition) is 4. The van der Waals surface area contributed by atoms with Gasteiger partial charge < -0.3 is 10.5 Å².